The summed E-state index contributed by atoms with van der Waals surface area (Å²) in [6.45, 7) is 1.45. The average Bonchev–Trinajstić information content (AvgIpc) is 2.94. The number of aromatic hydroxyl groups is 1. The van der Waals surface area contributed by atoms with Gasteiger partial charge in [-0.15, -0.1) is 0 Å². The highest BCUT2D eigenvalue weighted by Crippen LogP contribution is 2.29. The summed E-state index contributed by atoms with van der Waals surface area (Å²) in [4.78, 5) is 0. The van der Waals surface area contributed by atoms with Crippen LogP contribution in [0.4, 0.5) is 5.69 Å². The molecule has 0 saturated heterocycles. The van der Waals surface area contributed by atoms with Gasteiger partial charge in [-0.25, -0.2) is 0 Å². The summed E-state index contributed by atoms with van der Waals surface area (Å²) in [7, 11) is 1.55. The lowest BCUT2D eigenvalue weighted by molar-refractivity contribution is 0.357. The molecular formula is C16H17NO3. The molecule has 0 saturated carbocycles. The fourth-order valence-electron chi connectivity index (χ4n) is 2.33. The van der Waals surface area contributed by atoms with Gasteiger partial charge in [0.25, 0.3) is 0 Å². The summed E-state index contributed by atoms with van der Waals surface area (Å²) >= 11 is 0. The summed E-state index contributed by atoms with van der Waals surface area (Å²) in [5.41, 5.74) is 3.37. The highest BCUT2D eigenvalue weighted by molar-refractivity contribution is 5.53. The molecule has 4 heteroatoms. The van der Waals surface area contributed by atoms with Gasteiger partial charge >= 0.3 is 0 Å². The Hall–Kier alpha value is -2.36. The van der Waals surface area contributed by atoms with Gasteiger partial charge in [-0.3, -0.25) is 0 Å². The second kappa shape index (κ2) is 5.33. The van der Waals surface area contributed by atoms with E-state index in [4.69, 9.17) is 9.47 Å². The van der Waals surface area contributed by atoms with E-state index in [0.29, 0.717) is 12.3 Å². The molecule has 0 atom stereocenters. The van der Waals surface area contributed by atoms with Crippen LogP contribution in [0.5, 0.6) is 17.2 Å². The van der Waals surface area contributed by atoms with Crippen molar-refractivity contribution in [2.45, 2.75) is 13.0 Å². The monoisotopic (exact) mass is 271 g/mol. The molecule has 0 radical (unpaired) electrons. The number of hydrogen-bond acceptors (Lipinski definition) is 4. The second-order valence-corrected chi connectivity index (χ2v) is 4.78. The highest BCUT2D eigenvalue weighted by Gasteiger charge is 2.11. The van der Waals surface area contributed by atoms with Crippen LogP contribution < -0.4 is 14.8 Å². The van der Waals surface area contributed by atoms with E-state index in [1.54, 1.807) is 13.2 Å². The molecule has 0 bridgehead atoms. The van der Waals surface area contributed by atoms with Crippen LogP contribution in [0.3, 0.4) is 0 Å². The van der Waals surface area contributed by atoms with Crippen molar-refractivity contribution in [3.8, 4) is 17.2 Å². The molecule has 1 aliphatic rings. The summed E-state index contributed by atoms with van der Waals surface area (Å²) in [6.07, 6.45) is 0.970. The van der Waals surface area contributed by atoms with Gasteiger partial charge in [-0.05, 0) is 41.5 Å². The Kier molecular flexibility index (Phi) is 3.37. The molecule has 0 unspecified atom stereocenters. The number of benzene rings is 2. The van der Waals surface area contributed by atoms with Crippen molar-refractivity contribution in [1.29, 1.82) is 0 Å². The Balaban J connectivity index is 1.70. The number of rotatable bonds is 4. The smallest absolute Gasteiger partial charge is 0.160 e. The van der Waals surface area contributed by atoms with Crippen LogP contribution in [0, 0.1) is 0 Å². The molecule has 0 spiro atoms. The number of nitrogens with one attached hydrogen (secondary N) is 1. The fraction of sp³-hybridized carbons (Fsp3) is 0.250. The number of fused-ring (bicyclic) bond motifs is 1. The largest absolute Gasteiger partial charge is 0.504 e. The Bertz CT molecular complexity index is 614. The number of phenols is 1. The van der Waals surface area contributed by atoms with Gasteiger partial charge in [0.2, 0.25) is 0 Å². The van der Waals surface area contributed by atoms with Crippen LogP contribution >= 0.6 is 0 Å². The number of ether oxygens (including phenoxy) is 2. The Morgan fingerprint density at radius 1 is 1.25 bits per heavy atom. The first-order valence-corrected chi connectivity index (χ1v) is 6.62. The minimum Gasteiger partial charge on any atom is -0.504 e. The van der Waals surface area contributed by atoms with E-state index in [9.17, 15) is 5.11 Å². The van der Waals surface area contributed by atoms with Gasteiger partial charge in [0.1, 0.15) is 5.75 Å². The maximum Gasteiger partial charge on any atom is 0.160 e. The van der Waals surface area contributed by atoms with Crippen LogP contribution in [0.15, 0.2) is 36.4 Å². The van der Waals surface area contributed by atoms with Crippen LogP contribution in [0.1, 0.15) is 11.1 Å². The zero-order valence-electron chi connectivity index (χ0n) is 11.3. The van der Waals surface area contributed by atoms with Crippen molar-refractivity contribution < 1.29 is 14.6 Å². The number of phenolic OH excluding ortho intramolecular Hbond substituents is 1. The molecular weight excluding hydrogens is 254 g/mol. The van der Waals surface area contributed by atoms with E-state index in [1.165, 1.54) is 5.56 Å². The van der Waals surface area contributed by atoms with Crippen molar-refractivity contribution in [3.63, 3.8) is 0 Å². The summed E-state index contributed by atoms with van der Waals surface area (Å²) in [5, 5.41) is 12.9. The van der Waals surface area contributed by atoms with E-state index in [-0.39, 0.29) is 5.75 Å². The maximum atomic E-state index is 9.57. The number of hydrogen-bond donors (Lipinski definition) is 2. The van der Waals surface area contributed by atoms with Gasteiger partial charge in [0, 0.05) is 18.7 Å². The molecule has 4 nitrogen and oxygen atoms in total. The second-order valence-electron chi connectivity index (χ2n) is 4.78. The fourth-order valence-corrected chi connectivity index (χ4v) is 2.33. The van der Waals surface area contributed by atoms with Gasteiger partial charge in [-0.1, -0.05) is 6.07 Å². The minimum atomic E-state index is 0.158. The zero-order chi connectivity index (χ0) is 13.9. The predicted molar refractivity (Wildman–Crippen MR) is 77.6 cm³/mol. The maximum absolute atomic E-state index is 9.57. The van der Waals surface area contributed by atoms with Crippen LogP contribution in [0.2, 0.25) is 0 Å². The van der Waals surface area contributed by atoms with Crippen LogP contribution in [-0.2, 0) is 13.0 Å². The molecule has 1 heterocycles. The first-order chi connectivity index (χ1) is 9.76. The summed E-state index contributed by atoms with van der Waals surface area (Å²) < 4.78 is 10.6. The van der Waals surface area contributed by atoms with E-state index in [0.717, 1.165) is 30.0 Å². The zero-order valence-corrected chi connectivity index (χ0v) is 11.3. The first kappa shape index (κ1) is 12.7. The molecule has 1 aliphatic heterocycles. The van der Waals surface area contributed by atoms with Crippen LogP contribution in [0.25, 0.3) is 0 Å². The molecule has 2 aromatic carbocycles. The third-order valence-electron chi connectivity index (χ3n) is 3.43. The summed E-state index contributed by atoms with van der Waals surface area (Å²) in [6, 6.07) is 11.5. The quantitative estimate of drug-likeness (QED) is 0.897. The van der Waals surface area contributed by atoms with Gasteiger partial charge in [-0.2, -0.15) is 0 Å². The van der Waals surface area contributed by atoms with Crippen molar-refractivity contribution >= 4 is 5.69 Å². The van der Waals surface area contributed by atoms with E-state index >= 15 is 0 Å². The highest BCUT2D eigenvalue weighted by atomic mass is 16.5. The molecule has 2 N–H and O–H groups in total. The lowest BCUT2D eigenvalue weighted by Crippen LogP contribution is -2.00. The predicted octanol–water partition coefficient (Wildman–Crippen LogP) is 2.95. The van der Waals surface area contributed by atoms with Crippen molar-refractivity contribution in [3.05, 3.63) is 47.5 Å². The molecule has 0 aliphatic carbocycles. The van der Waals surface area contributed by atoms with E-state index in [2.05, 4.69) is 11.4 Å². The first-order valence-electron chi connectivity index (χ1n) is 6.62. The third kappa shape index (κ3) is 2.50. The van der Waals surface area contributed by atoms with E-state index < -0.39 is 0 Å². The van der Waals surface area contributed by atoms with E-state index in [1.807, 2.05) is 24.3 Å². The molecule has 0 fully saturated rings. The topological polar surface area (TPSA) is 50.7 Å². The van der Waals surface area contributed by atoms with Crippen molar-refractivity contribution in [2.24, 2.45) is 0 Å². The Labute approximate surface area is 118 Å². The molecule has 3 rings (SSSR count). The number of methoxy groups -OCH3 is 1. The van der Waals surface area contributed by atoms with Gasteiger partial charge < -0.3 is 19.9 Å². The standard InChI is InChI=1S/C16H17NO3/c1-19-16-8-11(2-4-14(16)18)10-17-13-3-5-15-12(9-13)6-7-20-15/h2-5,8-9,17-18H,6-7,10H2,1H3. The normalized spacial score (nSPS) is 12.7. The van der Waals surface area contributed by atoms with Gasteiger partial charge in [0.15, 0.2) is 11.5 Å². The molecule has 0 aromatic heterocycles. The molecule has 2 aromatic rings. The van der Waals surface area contributed by atoms with Gasteiger partial charge in [0.05, 0.1) is 13.7 Å². The Morgan fingerprint density at radius 2 is 2.15 bits per heavy atom. The lowest BCUT2D eigenvalue weighted by atomic mass is 10.1. The average molecular weight is 271 g/mol. The minimum absolute atomic E-state index is 0.158. The SMILES string of the molecule is COc1cc(CNc2ccc3c(c2)CCO3)ccc1O. The Morgan fingerprint density at radius 3 is 3.00 bits per heavy atom. The third-order valence-corrected chi connectivity index (χ3v) is 3.43. The molecule has 104 valence electrons. The molecule has 20 heavy (non-hydrogen) atoms. The van der Waals surface area contributed by atoms with Crippen molar-refractivity contribution in [1.82, 2.24) is 0 Å². The number of anilines is 1. The lowest BCUT2D eigenvalue weighted by Gasteiger charge is -2.10. The summed E-state index contributed by atoms with van der Waals surface area (Å²) in [5.74, 6) is 1.64. The van der Waals surface area contributed by atoms with Crippen molar-refractivity contribution in [2.75, 3.05) is 19.0 Å². The van der Waals surface area contributed by atoms with Crippen LogP contribution in [-0.4, -0.2) is 18.8 Å². The molecule has 0 amide bonds.